The van der Waals surface area contributed by atoms with Crippen molar-refractivity contribution < 1.29 is 8.98 Å². The summed E-state index contributed by atoms with van der Waals surface area (Å²) in [7, 11) is 1.25. The van der Waals surface area contributed by atoms with Crippen LogP contribution in [0.15, 0.2) is 24.3 Å². The van der Waals surface area contributed by atoms with Gasteiger partial charge in [-0.25, -0.2) is 0 Å². The molecule has 1 aromatic carbocycles. The van der Waals surface area contributed by atoms with Crippen LogP contribution in [0.1, 0.15) is 43.4 Å². The van der Waals surface area contributed by atoms with Crippen molar-refractivity contribution in [3.63, 3.8) is 0 Å². The largest absolute Gasteiger partial charge is 0.333 e. The number of halogens is 1. The van der Waals surface area contributed by atoms with Gasteiger partial charge in [-0.05, 0) is 18.9 Å². The van der Waals surface area contributed by atoms with Crippen molar-refractivity contribution in [3.05, 3.63) is 35.4 Å². The molecule has 0 radical (unpaired) electrons. The third-order valence-corrected chi connectivity index (χ3v) is 4.67. The number of amides is 1. The molecule has 0 N–H and O–H groups in total. The molecule has 0 aromatic heterocycles. The van der Waals surface area contributed by atoms with E-state index in [1.807, 2.05) is 4.90 Å². The molecule has 1 aliphatic heterocycles. The van der Waals surface area contributed by atoms with Crippen molar-refractivity contribution in [1.82, 2.24) is 4.90 Å². The first-order chi connectivity index (χ1) is 9.67. The van der Waals surface area contributed by atoms with E-state index in [4.69, 9.17) is 4.18 Å². The van der Waals surface area contributed by atoms with Crippen LogP contribution in [-0.4, -0.2) is 23.5 Å². The molecule has 0 bridgehead atoms. The molecule has 2 rings (SSSR count). The summed E-state index contributed by atoms with van der Waals surface area (Å²) in [5.41, 5.74) is 2.46. The molecule has 1 fully saturated rings. The summed E-state index contributed by atoms with van der Waals surface area (Å²) >= 11 is 2.07. The maximum absolute atomic E-state index is 12.4. The van der Waals surface area contributed by atoms with Crippen LogP contribution in [0.25, 0.3) is 0 Å². The monoisotopic (exact) mass is 405 g/mol. The molecular formula is C15H20INO2S. The molecule has 20 heavy (non-hydrogen) atoms. The van der Waals surface area contributed by atoms with Crippen LogP contribution in [0, 0.1) is 6.92 Å². The molecule has 2 unspecified atom stereocenters. The van der Waals surface area contributed by atoms with E-state index >= 15 is 0 Å². The first-order valence-corrected chi connectivity index (χ1v) is 10.3. The minimum Gasteiger partial charge on any atom is -0.333 e. The van der Waals surface area contributed by atoms with E-state index in [1.165, 1.54) is 20.3 Å². The van der Waals surface area contributed by atoms with Crippen molar-refractivity contribution in [2.75, 3.05) is 6.54 Å². The van der Waals surface area contributed by atoms with Gasteiger partial charge in [0.2, 0.25) is 0 Å². The molecule has 0 saturated carbocycles. The minimum atomic E-state index is -0.306. The van der Waals surface area contributed by atoms with Gasteiger partial charge in [0.25, 0.3) is 5.91 Å². The smallest absolute Gasteiger partial charge is 0.253 e. The number of likely N-dealkylation sites (tertiary alicyclic amines) is 1. The van der Waals surface area contributed by atoms with Gasteiger partial charge in [-0.2, -0.15) is 0 Å². The summed E-state index contributed by atoms with van der Waals surface area (Å²) in [6.07, 6.45) is 2.58. The lowest BCUT2D eigenvalue weighted by atomic mass is 10.0. The van der Waals surface area contributed by atoms with E-state index in [0.717, 1.165) is 25.8 Å². The van der Waals surface area contributed by atoms with E-state index in [1.54, 1.807) is 0 Å². The average molecular weight is 405 g/mol. The molecule has 1 aromatic rings. The van der Waals surface area contributed by atoms with E-state index in [0.29, 0.717) is 0 Å². The normalized spacial score (nSPS) is 22.6. The van der Waals surface area contributed by atoms with Gasteiger partial charge in [0, 0.05) is 34.2 Å². The number of unbranched alkanes of at least 4 members (excludes halogenated alkanes) is 1. The van der Waals surface area contributed by atoms with Crippen LogP contribution in [-0.2, 0) is 8.98 Å². The number of nitrogens with zero attached hydrogens (tertiary/aromatic N) is 1. The Morgan fingerprint density at radius 1 is 1.40 bits per heavy atom. The third-order valence-electron chi connectivity index (χ3n) is 3.74. The summed E-state index contributed by atoms with van der Waals surface area (Å²) in [6.45, 7) is 5.05. The Morgan fingerprint density at radius 2 is 2.10 bits per heavy atom. The Bertz CT molecular complexity index is 452. The second-order valence-electron chi connectivity index (χ2n) is 5.20. The maximum atomic E-state index is 12.4. The van der Waals surface area contributed by atoms with Crippen LogP contribution in [0.2, 0.25) is 0 Å². The minimum absolute atomic E-state index is 0.133. The highest BCUT2D eigenvalue weighted by Gasteiger charge is 2.40. The second kappa shape index (κ2) is 7.66. The SMILES string of the molecule is CCCCN1C(=O)C(OSI)CC1c1ccc(C)cc1. The first-order valence-electron chi connectivity index (χ1n) is 6.98. The van der Waals surface area contributed by atoms with E-state index < -0.39 is 0 Å². The number of benzene rings is 1. The van der Waals surface area contributed by atoms with Gasteiger partial charge < -0.3 is 4.90 Å². The van der Waals surface area contributed by atoms with Gasteiger partial charge in [0.15, 0.2) is 6.10 Å². The third kappa shape index (κ3) is 3.68. The summed E-state index contributed by atoms with van der Waals surface area (Å²) in [5, 5.41) is 0. The van der Waals surface area contributed by atoms with Crippen LogP contribution < -0.4 is 0 Å². The van der Waals surface area contributed by atoms with Gasteiger partial charge in [-0.15, -0.1) is 0 Å². The van der Waals surface area contributed by atoms with Crippen molar-refractivity contribution in [1.29, 1.82) is 0 Å². The Morgan fingerprint density at radius 3 is 2.70 bits per heavy atom. The van der Waals surface area contributed by atoms with Gasteiger partial charge >= 0.3 is 0 Å². The molecule has 0 spiro atoms. The first kappa shape index (κ1) is 16.1. The number of aryl methyl sites for hydroxylation is 1. The Labute approximate surface area is 137 Å². The van der Waals surface area contributed by atoms with Gasteiger partial charge in [-0.1, -0.05) is 43.2 Å². The fourth-order valence-electron chi connectivity index (χ4n) is 2.59. The van der Waals surface area contributed by atoms with Gasteiger partial charge in [-0.3, -0.25) is 8.98 Å². The fraction of sp³-hybridized carbons (Fsp3) is 0.533. The Balaban J connectivity index is 2.19. The van der Waals surface area contributed by atoms with E-state index in [-0.39, 0.29) is 18.1 Å². The highest BCUT2D eigenvalue weighted by Crippen LogP contribution is 2.36. The second-order valence-corrected chi connectivity index (χ2v) is 6.59. The molecular weight excluding hydrogens is 385 g/mol. The lowest BCUT2D eigenvalue weighted by Crippen LogP contribution is -2.32. The number of rotatable bonds is 6. The van der Waals surface area contributed by atoms with Crippen molar-refractivity contribution >= 4 is 36.3 Å². The molecule has 110 valence electrons. The summed E-state index contributed by atoms with van der Waals surface area (Å²) in [6, 6.07) is 8.64. The highest BCUT2D eigenvalue weighted by molar-refractivity contribution is 14.2. The fourth-order valence-corrected chi connectivity index (χ4v) is 3.59. The standard InChI is InChI=1S/C15H20INO2S/c1-3-4-9-17-13(10-14(15(17)18)19-20-16)12-7-5-11(2)6-8-12/h5-8,13-14H,3-4,9-10H2,1-2H3. The van der Waals surface area contributed by atoms with Crippen LogP contribution in [0.5, 0.6) is 0 Å². The van der Waals surface area contributed by atoms with E-state index in [9.17, 15) is 4.79 Å². The lowest BCUT2D eigenvalue weighted by molar-refractivity contribution is -0.134. The zero-order chi connectivity index (χ0) is 14.5. The predicted octanol–water partition coefficient (Wildman–Crippen LogP) is 4.45. The van der Waals surface area contributed by atoms with Gasteiger partial charge in [0.05, 0.1) is 15.3 Å². The molecule has 1 amide bonds. The summed E-state index contributed by atoms with van der Waals surface area (Å²) < 4.78 is 5.51. The number of hydrogen-bond acceptors (Lipinski definition) is 3. The van der Waals surface area contributed by atoms with Crippen LogP contribution in [0.4, 0.5) is 0 Å². The van der Waals surface area contributed by atoms with E-state index in [2.05, 4.69) is 59.3 Å². The molecule has 5 heteroatoms. The van der Waals surface area contributed by atoms with Gasteiger partial charge in [0.1, 0.15) is 0 Å². The Hall–Kier alpha value is -0.270. The molecule has 1 aliphatic rings. The van der Waals surface area contributed by atoms with Crippen molar-refractivity contribution in [2.24, 2.45) is 0 Å². The number of hydrogen-bond donors (Lipinski definition) is 0. The quantitative estimate of drug-likeness (QED) is 0.517. The zero-order valence-corrected chi connectivity index (χ0v) is 14.8. The van der Waals surface area contributed by atoms with Crippen LogP contribution in [0.3, 0.4) is 0 Å². The molecule has 2 atom stereocenters. The average Bonchev–Trinajstić information content (AvgIpc) is 2.75. The zero-order valence-electron chi connectivity index (χ0n) is 11.8. The predicted molar refractivity (Wildman–Crippen MR) is 91.6 cm³/mol. The Kier molecular flexibility index (Phi) is 6.17. The molecule has 3 nitrogen and oxygen atoms in total. The number of carbonyl (C=O) groups is 1. The number of carbonyl (C=O) groups excluding carboxylic acids is 1. The topological polar surface area (TPSA) is 29.5 Å². The van der Waals surface area contributed by atoms with Crippen molar-refractivity contribution in [3.8, 4) is 0 Å². The summed E-state index contributed by atoms with van der Waals surface area (Å²) in [5.74, 6) is 0.133. The lowest BCUT2D eigenvalue weighted by Gasteiger charge is -2.24. The molecule has 1 heterocycles. The van der Waals surface area contributed by atoms with Crippen LogP contribution >= 0.6 is 30.4 Å². The van der Waals surface area contributed by atoms with Crippen molar-refractivity contribution in [2.45, 2.75) is 45.3 Å². The maximum Gasteiger partial charge on any atom is 0.253 e. The molecule has 0 aliphatic carbocycles. The molecule has 1 saturated heterocycles. The highest BCUT2D eigenvalue weighted by atomic mass is 127. The summed E-state index contributed by atoms with van der Waals surface area (Å²) in [4.78, 5) is 14.4.